The fourth-order valence-electron chi connectivity index (χ4n) is 4.19. The Hall–Kier alpha value is -3.51. The molecule has 0 aromatic heterocycles. The largest absolute Gasteiger partial charge is 0.493 e. The fraction of sp³-hybridized carbons (Fsp3) is 0.259. The van der Waals surface area contributed by atoms with Gasteiger partial charge in [-0.25, -0.2) is 0 Å². The fourth-order valence-corrected chi connectivity index (χ4v) is 4.39. The van der Waals surface area contributed by atoms with Crippen LogP contribution in [0.3, 0.4) is 0 Å². The van der Waals surface area contributed by atoms with Gasteiger partial charge in [-0.05, 0) is 47.9 Å². The van der Waals surface area contributed by atoms with Gasteiger partial charge in [0.2, 0.25) is 5.91 Å². The van der Waals surface area contributed by atoms with Gasteiger partial charge in [-0.2, -0.15) is 0 Å². The summed E-state index contributed by atoms with van der Waals surface area (Å²) in [7, 11) is 1.57. The maximum Gasteiger partial charge on any atom is 0.255 e. The van der Waals surface area contributed by atoms with E-state index in [1.807, 2.05) is 67.6 Å². The summed E-state index contributed by atoms with van der Waals surface area (Å²) in [6.07, 6.45) is 0.0985. The van der Waals surface area contributed by atoms with E-state index < -0.39 is 6.04 Å². The molecule has 1 atom stereocenters. The molecule has 1 N–H and O–H groups in total. The summed E-state index contributed by atoms with van der Waals surface area (Å²) in [6, 6.07) is 20.0. The number of hydrogen-bond acceptors (Lipinski definition) is 4. The average Bonchev–Trinajstić information content (AvgIpc) is 3.19. The van der Waals surface area contributed by atoms with Gasteiger partial charge in [-0.1, -0.05) is 54.1 Å². The van der Waals surface area contributed by atoms with Crippen LogP contribution in [0, 0.1) is 0 Å². The quantitative estimate of drug-likeness (QED) is 0.461. The van der Waals surface area contributed by atoms with Gasteiger partial charge in [0.25, 0.3) is 5.91 Å². The molecule has 0 spiro atoms. The zero-order chi connectivity index (χ0) is 24.1. The molecule has 4 rings (SSSR count). The third-order valence-corrected chi connectivity index (χ3v) is 6.28. The Morgan fingerprint density at radius 2 is 1.85 bits per heavy atom. The van der Waals surface area contributed by atoms with Crippen molar-refractivity contribution < 1.29 is 19.1 Å². The number of carbonyl (C=O) groups excluding carboxylic acids is 2. The van der Waals surface area contributed by atoms with E-state index in [4.69, 9.17) is 21.1 Å². The number of nitrogens with one attached hydrogen (secondary N) is 1. The SMILES string of the molecule is CCOc1ccc(C(CC(=O)NCc2ccccc2Cl)N2Cc3ccccc3C2=O)cc1OC. The first-order valence-electron chi connectivity index (χ1n) is 11.2. The van der Waals surface area contributed by atoms with E-state index in [0.717, 1.165) is 16.7 Å². The molecule has 1 unspecified atom stereocenters. The Balaban J connectivity index is 1.60. The van der Waals surface area contributed by atoms with E-state index in [-0.39, 0.29) is 18.2 Å². The number of rotatable bonds is 9. The molecular weight excluding hydrogens is 452 g/mol. The van der Waals surface area contributed by atoms with Gasteiger partial charge < -0.3 is 19.7 Å². The van der Waals surface area contributed by atoms with Crippen LogP contribution >= 0.6 is 11.6 Å². The summed E-state index contributed by atoms with van der Waals surface area (Å²) in [6.45, 7) is 3.15. The van der Waals surface area contributed by atoms with Crippen molar-refractivity contribution >= 4 is 23.4 Å². The first-order valence-corrected chi connectivity index (χ1v) is 11.6. The molecule has 1 heterocycles. The second-order valence-corrected chi connectivity index (χ2v) is 8.43. The normalized spacial score (nSPS) is 13.4. The molecule has 34 heavy (non-hydrogen) atoms. The van der Waals surface area contributed by atoms with Crippen LogP contribution in [0.1, 0.15) is 46.4 Å². The van der Waals surface area contributed by atoms with Crippen molar-refractivity contribution in [1.82, 2.24) is 10.2 Å². The second kappa shape index (κ2) is 10.6. The van der Waals surface area contributed by atoms with Crippen LogP contribution in [0.15, 0.2) is 66.7 Å². The maximum absolute atomic E-state index is 13.3. The van der Waals surface area contributed by atoms with Crippen LogP contribution in [-0.2, 0) is 17.9 Å². The minimum atomic E-state index is -0.476. The van der Waals surface area contributed by atoms with Crippen molar-refractivity contribution in [3.63, 3.8) is 0 Å². The molecule has 3 aromatic rings. The number of halogens is 1. The molecule has 0 aliphatic carbocycles. The molecule has 176 valence electrons. The van der Waals surface area contributed by atoms with E-state index in [9.17, 15) is 9.59 Å². The predicted octanol–water partition coefficient (Wildman–Crippen LogP) is 5.15. The topological polar surface area (TPSA) is 67.9 Å². The molecule has 6 nitrogen and oxygen atoms in total. The lowest BCUT2D eigenvalue weighted by Crippen LogP contribution is -2.34. The molecule has 1 aliphatic rings. The summed E-state index contributed by atoms with van der Waals surface area (Å²) in [5.41, 5.74) is 3.25. The molecule has 2 amide bonds. The van der Waals surface area contributed by atoms with E-state index in [0.29, 0.717) is 41.8 Å². The summed E-state index contributed by atoms with van der Waals surface area (Å²) >= 11 is 6.23. The zero-order valence-electron chi connectivity index (χ0n) is 19.2. The van der Waals surface area contributed by atoms with Crippen molar-refractivity contribution in [3.8, 4) is 11.5 Å². The van der Waals surface area contributed by atoms with Crippen LogP contribution < -0.4 is 14.8 Å². The number of fused-ring (bicyclic) bond motifs is 1. The van der Waals surface area contributed by atoms with Gasteiger partial charge in [-0.15, -0.1) is 0 Å². The van der Waals surface area contributed by atoms with Gasteiger partial charge in [0, 0.05) is 23.7 Å². The highest BCUT2D eigenvalue weighted by molar-refractivity contribution is 6.31. The number of carbonyl (C=O) groups is 2. The van der Waals surface area contributed by atoms with Gasteiger partial charge in [-0.3, -0.25) is 9.59 Å². The van der Waals surface area contributed by atoms with Gasteiger partial charge in [0.1, 0.15) is 0 Å². The van der Waals surface area contributed by atoms with E-state index >= 15 is 0 Å². The number of ether oxygens (including phenoxy) is 2. The Morgan fingerprint density at radius 1 is 1.09 bits per heavy atom. The van der Waals surface area contributed by atoms with Crippen LogP contribution in [0.4, 0.5) is 0 Å². The highest BCUT2D eigenvalue weighted by atomic mass is 35.5. The smallest absolute Gasteiger partial charge is 0.255 e. The van der Waals surface area contributed by atoms with E-state index in [2.05, 4.69) is 5.32 Å². The number of hydrogen-bond donors (Lipinski definition) is 1. The maximum atomic E-state index is 13.3. The first kappa shape index (κ1) is 23.6. The molecular formula is C27H27ClN2O4. The lowest BCUT2D eigenvalue weighted by Gasteiger charge is -2.28. The Bertz CT molecular complexity index is 1200. The number of methoxy groups -OCH3 is 1. The van der Waals surface area contributed by atoms with Gasteiger partial charge >= 0.3 is 0 Å². The number of nitrogens with zero attached hydrogens (tertiary/aromatic N) is 1. The van der Waals surface area contributed by atoms with E-state index in [1.54, 1.807) is 18.1 Å². The number of benzene rings is 3. The van der Waals surface area contributed by atoms with Gasteiger partial charge in [0.05, 0.1) is 26.2 Å². The van der Waals surface area contributed by atoms with E-state index in [1.165, 1.54) is 0 Å². The molecule has 0 bridgehead atoms. The number of amides is 2. The van der Waals surface area contributed by atoms with Gasteiger partial charge in [0.15, 0.2) is 11.5 Å². The minimum absolute atomic E-state index is 0.0904. The Kier molecular flexibility index (Phi) is 7.38. The molecule has 0 saturated heterocycles. The summed E-state index contributed by atoms with van der Waals surface area (Å²) in [5.74, 6) is 0.908. The van der Waals surface area contributed by atoms with Crippen molar-refractivity contribution in [3.05, 3.63) is 94.0 Å². The van der Waals surface area contributed by atoms with Crippen molar-refractivity contribution in [1.29, 1.82) is 0 Å². The van der Waals surface area contributed by atoms with Crippen molar-refractivity contribution in [2.75, 3.05) is 13.7 Å². The summed E-state index contributed by atoms with van der Waals surface area (Å²) < 4.78 is 11.2. The third kappa shape index (κ3) is 5.02. The molecule has 3 aromatic carbocycles. The third-order valence-electron chi connectivity index (χ3n) is 5.91. The monoisotopic (exact) mass is 478 g/mol. The molecule has 0 radical (unpaired) electrons. The van der Waals surface area contributed by atoms with Crippen LogP contribution in [0.25, 0.3) is 0 Å². The molecule has 1 aliphatic heterocycles. The van der Waals surface area contributed by atoms with Crippen molar-refractivity contribution in [2.45, 2.75) is 32.5 Å². The Morgan fingerprint density at radius 3 is 2.59 bits per heavy atom. The summed E-state index contributed by atoms with van der Waals surface area (Å²) in [4.78, 5) is 28.0. The highest BCUT2D eigenvalue weighted by Crippen LogP contribution is 2.37. The Labute approximate surface area is 204 Å². The standard InChI is InChI=1S/C27H27ClN2O4/c1-3-34-24-13-12-18(14-25(24)33-2)23(30-17-20-9-4-6-10-21(20)27(30)32)15-26(31)29-16-19-8-5-7-11-22(19)28/h4-14,23H,3,15-17H2,1-2H3,(H,29,31). The molecule has 0 saturated carbocycles. The van der Waals surface area contributed by atoms with Crippen LogP contribution in [0.5, 0.6) is 11.5 Å². The molecule has 7 heteroatoms. The lowest BCUT2D eigenvalue weighted by molar-refractivity contribution is -0.122. The second-order valence-electron chi connectivity index (χ2n) is 8.02. The lowest BCUT2D eigenvalue weighted by atomic mass is 10.0. The minimum Gasteiger partial charge on any atom is -0.493 e. The zero-order valence-corrected chi connectivity index (χ0v) is 20.0. The van der Waals surface area contributed by atoms with Crippen molar-refractivity contribution in [2.24, 2.45) is 0 Å². The summed E-state index contributed by atoms with van der Waals surface area (Å²) in [5, 5.41) is 3.54. The predicted molar refractivity (Wildman–Crippen MR) is 131 cm³/mol. The van der Waals surface area contributed by atoms with Crippen LogP contribution in [-0.4, -0.2) is 30.4 Å². The van der Waals surface area contributed by atoms with Crippen LogP contribution in [0.2, 0.25) is 5.02 Å². The highest BCUT2D eigenvalue weighted by Gasteiger charge is 2.34. The average molecular weight is 479 g/mol. The molecule has 0 fully saturated rings. The first-order chi connectivity index (χ1) is 16.5.